The zero-order valence-corrected chi connectivity index (χ0v) is 18.6. The van der Waals surface area contributed by atoms with Crippen LogP contribution in [-0.4, -0.2) is 20.4 Å². The van der Waals surface area contributed by atoms with E-state index in [4.69, 9.17) is 0 Å². The minimum Gasteiger partial charge on any atom is -0.507 e. The number of benzene rings is 2. The van der Waals surface area contributed by atoms with E-state index >= 15 is 0 Å². The first-order valence-electron chi connectivity index (χ1n) is 10.4. The van der Waals surface area contributed by atoms with Gasteiger partial charge in [0, 0.05) is 16.5 Å². The van der Waals surface area contributed by atoms with Crippen LogP contribution >= 0.6 is 0 Å². The van der Waals surface area contributed by atoms with Crippen LogP contribution in [0, 0.1) is 39.0 Å². The summed E-state index contributed by atoms with van der Waals surface area (Å²) in [5, 5.41) is 44.7. The molecule has 4 N–H and O–H groups in total. The summed E-state index contributed by atoms with van der Waals surface area (Å²) in [4.78, 5) is 0. The Bertz CT molecular complexity index is 856. The van der Waals surface area contributed by atoms with Crippen molar-refractivity contribution in [2.24, 2.45) is 11.3 Å². The molecule has 0 radical (unpaired) electrons. The van der Waals surface area contributed by atoms with Crippen molar-refractivity contribution < 1.29 is 20.4 Å². The van der Waals surface area contributed by atoms with Crippen LogP contribution in [-0.2, 0) is 5.41 Å². The lowest BCUT2D eigenvalue weighted by molar-refractivity contribution is 0.0842. The van der Waals surface area contributed by atoms with Crippen molar-refractivity contribution in [2.75, 3.05) is 0 Å². The Hall–Kier alpha value is -2.36. The van der Waals surface area contributed by atoms with E-state index in [-0.39, 0.29) is 23.0 Å². The predicted octanol–water partition coefficient (Wildman–Crippen LogP) is 5.87. The fraction of sp³-hybridized carbons (Fsp3) is 0.520. The molecule has 1 fully saturated rings. The van der Waals surface area contributed by atoms with Crippen molar-refractivity contribution in [2.45, 2.75) is 73.1 Å². The van der Waals surface area contributed by atoms with Gasteiger partial charge in [-0.2, -0.15) is 0 Å². The van der Waals surface area contributed by atoms with E-state index in [9.17, 15) is 20.4 Å². The summed E-state index contributed by atoms with van der Waals surface area (Å²) in [5.74, 6) is 0.605. The molecule has 0 saturated heterocycles. The predicted molar refractivity (Wildman–Crippen MR) is 116 cm³/mol. The first-order chi connectivity index (χ1) is 13.3. The molecule has 0 aliphatic heterocycles. The lowest BCUT2D eigenvalue weighted by atomic mass is 9.49. The zero-order valence-electron chi connectivity index (χ0n) is 18.6. The molecule has 0 bridgehead atoms. The van der Waals surface area contributed by atoms with Crippen LogP contribution in [0.4, 0.5) is 0 Å². The molecule has 0 heterocycles. The maximum absolute atomic E-state index is 11.2. The van der Waals surface area contributed by atoms with E-state index in [0.29, 0.717) is 45.7 Å². The Labute approximate surface area is 173 Å². The van der Waals surface area contributed by atoms with Gasteiger partial charge in [0.25, 0.3) is 0 Å². The minimum absolute atomic E-state index is 0.0358. The van der Waals surface area contributed by atoms with Gasteiger partial charge in [-0.15, -0.1) is 0 Å². The van der Waals surface area contributed by atoms with Crippen LogP contribution in [0.5, 0.6) is 23.0 Å². The standard InChI is InChI=1S/C25H34O4/c1-13-8-9-25(24(6,7)12-13,18-20(26)14(2)10-15(3)21(18)27)19-22(28)16(4)11-17(5)23(19)29/h10-11,13,26-29H,8-9,12H2,1-7H3. The number of aryl methyl sites for hydroxylation is 4. The third kappa shape index (κ3) is 2.95. The molecule has 0 aromatic heterocycles. The Morgan fingerprint density at radius 3 is 1.38 bits per heavy atom. The van der Waals surface area contributed by atoms with E-state index < -0.39 is 10.8 Å². The topological polar surface area (TPSA) is 80.9 Å². The molecule has 0 spiro atoms. The molecule has 3 rings (SSSR count). The number of phenolic OH excluding ortho intramolecular Hbond substituents is 4. The molecule has 158 valence electrons. The summed E-state index contributed by atoms with van der Waals surface area (Å²) < 4.78 is 0. The average Bonchev–Trinajstić information content (AvgIpc) is 2.61. The molecular formula is C25H34O4. The second kappa shape index (κ2) is 6.86. The van der Waals surface area contributed by atoms with Gasteiger partial charge in [-0.3, -0.25) is 0 Å². The molecule has 0 amide bonds. The summed E-state index contributed by atoms with van der Waals surface area (Å²) in [5.41, 5.74) is 2.16. The van der Waals surface area contributed by atoms with Crippen molar-refractivity contribution in [3.8, 4) is 23.0 Å². The number of hydrogen-bond acceptors (Lipinski definition) is 4. The van der Waals surface area contributed by atoms with Crippen molar-refractivity contribution in [3.63, 3.8) is 0 Å². The van der Waals surface area contributed by atoms with Crippen molar-refractivity contribution in [1.82, 2.24) is 0 Å². The van der Waals surface area contributed by atoms with Crippen LogP contribution in [0.2, 0.25) is 0 Å². The molecule has 1 aliphatic rings. The highest BCUT2D eigenvalue weighted by Gasteiger charge is 2.56. The summed E-state index contributed by atoms with van der Waals surface area (Å²) in [7, 11) is 0. The van der Waals surface area contributed by atoms with Crippen LogP contribution in [0.25, 0.3) is 0 Å². The Morgan fingerprint density at radius 1 is 0.724 bits per heavy atom. The number of phenols is 4. The van der Waals surface area contributed by atoms with Gasteiger partial charge in [-0.05, 0) is 92.7 Å². The summed E-state index contributed by atoms with van der Waals surface area (Å²) in [6, 6.07) is 3.53. The van der Waals surface area contributed by atoms with Gasteiger partial charge in [0.1, 0.15) is 23.0 Å². The van der Waals surface area contributed by atoms with Crippen LogP contribution < -0.4 is 0 Å². The molecule has 2 aromatic carbocycles. The second-order valence-electron chi connectivity index (χ2n) is 9.80. The smallest absolute Gasteiger partial charge is 0.126 e. The van der Waals surface area contributed by atoms with Gasteiger partial charge < -0.3 is 20.4 Å². The lowest BCUT2D eigenvalue weighted by Gasteiger charge is -2.53. The zero-order chi connectivity index (χ0) is 21.9. The van der Waals surface area contributed by atoms with E-state index in [1.165, 1.54) is 0 Å². The van der Waals surface area contributed by atoms with E-state index in [1.807, 2.05) is 27.7 Å². The van der Waals surface area contributed by atoms with Crippen LogP contribution in [0.3, 0.4) is 0 Å². The molecule has 1 atom stereocenters. The van der Waals surface area contributed by atoms with Gasteiger partial charge in [0.15, 0.2) is 0 Å². The van der Waals surface area contributed by atoms with Crippen molar-refractivity contribution in [3.05, 3.63) is 45.5 Å². The number of hydrogen-bond donors (Lipinski definition) is 4. The highest BCUT2D eigenvalue weighted by Crippen LogP contribution is 2.64. The van der Waals surface area contributed by atoms with Crippen molar-refractivity contribution in [1.29, 1.82) is 0 Å². The van der Waals surface area contributed by atoms with E-state index in [1.54, 1.807) is 12.1 Å². The van der Waals surface area contributed by atoms with Crippen molar-refractivity contribution >= 4 is 0 Å². The van der Waals surface area contributed by atoms with Gasteiger partial charge in [-0.1, -0.05) is 20.8 Å². The quantitative estimate of drug-likeness (QED) is 0.509. The molecular weight excluding hydrogens is 364 g/mol. The number of aromatic hydroxyl groups is 4. The molecule has 29 heavy (non-hydrogen) atoms. The monoisotopic (exact) mass is 398 g/mol. The third-order valence-corrected chi connectivity index (χ3v) is 7.19. The van der Waals surface area contributed by atoms with Crippen LogP contribution in [0.1, 0.15) is 73.4 Å². The molecule has 2 aromatic rings. The third-order valence-electron chi connectivity index (χ3n) is 7.19. The summed E-state index contributed by atoms with van der Waals surface area (Å²) in [6.07, 6.45) is 2.31. The fourth-order valence-electron chi connectivity index (χ4n) is 5.74. The summed E-state index contributed by atoms with van der Waals surface area (Å²) in [6.45, 7) is 13.7. The normalized spacial score (nSPS) is 20.6. The molecule has 1 saturated carbocycles. The SMILES string of the molecule is Cc1cc(C)c(O)c(C2(c3c(O)c(C)cc(C)c3O)CCC(C)CC2(C)C)c1O. The largest absolute Gasteiger partial charge is 0.507 e. The highest BCUT2D eigenvalue weighted by atomic mass is 16.3. The van der Waals surface area contributed by atoms with Gasteiger partial charge in [0.2, 0.25) is 0 Å². The van der Waals surface area contributed by atoms with Gasteiger partial charge >= 0.3 is 0 Å². The lowest BCUT2D eigenvalue weighted by Crippen LogP contribution is -2.47. The van der Waals surface area contributed by atoms with E-state index in [0.717, 1.165) is 12.8 Å². The molecule has 1 aliphatic carbocycles. The number of rotatable bonds is 2. The van der Waals surface area contributed by atoms with E-state index in [2.05, 4.69) is 20.8 Å². The maximum atomic E-state index is 11.2. The first kappa shape index (κ1) is 21.4. The van der Waals surface area contributed by atoms with Gasteiger partial charge in [0.05, 0.1) is 0 Å². The van der Waals surface area contributed by atoms with Gasteiger partial charge in [-0.25, -0.2) is 0 Å². The molecule has 4 nitrogen and oxygen atoms in total. The maximum Gasteiger partial charge on any atom is 0.126 e. The second-order valence-corrected chi connectivity index (χ2v) is 9.80. The molecule has 1 unspecified atom stereocenters. The summed E-state index contributed by atoms with van der Waals surface area (Å²) >= 11 is 0. The average molecular weight is 399 g/mol. The minimum atomic E-state index is -0.935. The Morgan fingerprint density at radius 2 is 1.07 bits per heavy atom. The first-order valence-corrected chi connectivity index (χ1v) is 10.4. The highest BCUT2D eigenvalue weighted by molar-refractivity contribution is 5.67. The molecule has 4 heteroatoms. The fourth-order valence-corrected chi connectivity index (χ4v) is 5.74. The van der Waals surface area contributed by atoms with Crippen LogP contribution in [0.15, 0.2) is 12.1 Å². The Kier molecular flexibility index (Phi) is 5.05. The Balaban J connectivity index is 2.56.